The molecule has 0 aliphatic carbocycles. The molecule has 0 saturated carbocycles. The zero-order valence-electron chi connectivity index (χ0n) is 6.70. The highest BCUT2D eigenvalue weighted by Crippen LogP contribution is 2.07. The van der Waals surface area contributed by atoms with Crippen molar-refractivity contribution in [1.82, 2.24) is 4.90 Å². The second-order valence-electron chi connectivity index (χ2n) is 2.33. The minimum atomic E-state index is -0.756. The normalized spacial score (nSPS) is 16.9. The van der Waals surface area contributed by atoms with E-state index in [2.05, 4.69) is 4.74 Å². The summed E-state index contributed by atoms with van der Waals surface area (Å²) in [5.41, 5.74) is 0. The van der Waals surface area contributed by atoms with E-state index >= 15 is 0 Å². The van der Waals surface area contributed by atoms with E-state index < -0.39 is 17.8 Å². The maximum absolute atomic E-state index is 10.9. The predicted octanol–water partition coefficient (Wildman–Crippen LogP) is -0.0557. The number of ketones is 1. The fourth-order valence-electron chi connectivity index (χ4n) is 0.948. The zero-order chi connectivity index (χ0) is 9.14. The average molecular weight is 171 g/mol. The third-order valence-corrected chi connectivity index (χ3v) is 1.53. The lowest BCUT2D eigenvalue weighted by Gasteiger charge is -2.10. The molecular formula is C7H9NO4. The summed E-state index contributed by atoms with van der Waals surface area (Å²) in [6.07, 6.45) is -0.620. The molecule has 12 heavy (non-hydrogen) atoms. The van der Waals surface area contributed by atoms with Crippen LogP contribution in [0.5, 0.6) is 0 Å². The topological polar surface area (TPSA) is 63.7 Å². The summed E-state index contributed by atoms with van der Waals surface area (Å²) in [5, 5.41) is 0. The Morgan fingerprint density at radius 3 is 2.67 bits per heavy atom. The summed E-state index contributed by atoms with van der Waals surface area (Å²) in [5.74, 6) is -1.28. The number of nitrogens with zero attached hydrogens (tertiary/aromatic N) is 1. The number of carbonyl (C=O) groups is 3. The Hall–Kier alpha value is -1.39. The van der Waals surface area contributed by atoms with Crippen LogP contribution in [-0.2, 0) is 14.3 Å². The Bertz CT molecular complexity index is 236. The van der Waals surface area contributed by atoms with Crippen molar-refractivity contribution in [3.8, 4) is 0 Å². The fourth-order valence-corrected chi connectivity index (χ4v) is 0.948. The van der Waals surface area contributed by atoms with Gasteiger partial charge in [0.1, 0.15) is 0 Å². The number of imide groups is 1. The van der Waals surface area contributed by atoms with Crippen molar-refractivity contribution in [3.63, 3.8) is 0 Å². The Kier molecular flexibility index (Phi) is 2.42. The van der Waals surface area contributed by atoms with E-state index in [0.29, 0.717) is 0 Å². The van der Waals surface area contributed by atoms with E-state index in [0.717, 1.165) is 4.90 Å². The van der Waals surface area contributed by atoms with Crippen molar-refractivity contribution in [2.24, 2.45) is 0 Å². The van der Waals surface area contributed by atoms with Gasteiger partial charge in [0.2, 0.25) is 5.78 Å². The van der Waals surface area contributed by atoms with Gasteiger partial charge in [0, 0.05) is 13.0 Å². The molecule has 1 heterocycles. The number of hydrogen-bond acceptors (Lipinski definition) is 4. The second-order valence-corrected chi connectivity index (χ2v) is 2.33. The second kappa shape index (κ2) is 3.34. The van der Waals surface area contributed by atoms with Crippen LogP contribution in [0.25, 0.3) is 0 Å². The van der Waals surface area contributed by atoms with Crippen molar-refractivity contribution >= 4 is 17.8 Å². The Morgan fingerprint density at radius 2 is 2.25 bits per heavy atom. The molecule has 0 radical (unpaired) electrons. The number of amides is 2. The van der Waals surface area contributed by atoms with Crippen LogP contribution in [0.3, 0.4) is 0 Å². The molecule has 1 aliphatic rings. The highest BCUT2D eigenvalue weighted by Gasteiger charge is 2.34. The van der Waals surface area contributed by atoms with Crippen LogP contribution >= 0.6 is 0 Å². The summed E-state index contributed by atoms with van der Waals surface area (Å²) in [6, 6.07) is 0. The number of carbonyl (C=O) groups excluding carboxylic acids is 3. The predicted molar refractivity (Wildman–Crippen MR) is 38.4 cm³/mol. The van der Waals surface area contributed by atoms with Gasteiger partial charge >= 0.3 is 6.09 Å². The molecule has 1 rings (SSSR count). The summed E-state index contributed by atoms with van der Waals surface area (Å²) in [6.45, 7) is 1.99. The van der Waals surface area contributed by atoms with Crippen molar-refractivity contribution in [2.75, 3.05) is 13.2 Å². The smallest absolute Gasteiger partial charge is 0.416 e. The molecule has 0 spiro atoms. The highest BCUT2D eigenvalue weighted by atomic mass is 16.6. The van der Waals surface area contributed by atoms with E-state index in [1.54, 1.807) is 6.92 Å². The molecule has 0 bridgehead atoms. The maximum atomic E-state index is 10.9. The number of likely N-dealkylation sites (tertiary alicyclic amines) is 1. The number of rotatable bonds is 1. The molecule has 1 saturated heterocycles. The summed E-state index contributed by atoms with van der Waals surface area (Å²) in [4.78, 5) is 33.3. The van der Waals surface area contributed by atoms with Crippen LogP contribution in [-0.4, -0.2) is 35.8 Å². The SMILES string of the molecule is CCOC(=O)N1CCC(=O)C1=O. The largest absolute Gasteiger partial charge is 0.449 e. The number of Topliss-reactive ketones (excluding diaryl/α,β-unsaturated/α-hetero) is 1. The third kappa shape index (κ3) is 1.44. The first-order chi connectivity index (χ1) is 5.66. The molecule has 0 aromatic heterocycles. The van der Waals surface area contributed by atoms with Crippen molar-refractivity contribution in [3.05, 3.63) is 0 Å². The van der Waals surface area contributed by atoms with Crippen molar-refractivity contribution < 1.29 is 19.1 Å². The molecule has 0 aromatic carbocycles. The molecular weight excluding hydrogens is 162 g/mol. The first kappa shape index (κ1) is 8.70. The van der Waals surface area contributed by atoms with Crippen molar-refractivity contribution in [1.29, 1.82) is 0 Å². The lowest BCUT2D eigenvalue weighted by Crippen LogP contribution is -2.34. The van der Waals surface area contributed by atoms with Gasteiger partial charge in [-0.15, -0.1) is 0 Å². The average Bonchev–Trinajstić information content (AvgIpc) is 2.34. The van der Waals surface area contributed by atoms with Gasteiger partial charge in [-0.3, -0.25) is 9.59 Å². The quantitative estimate of drug-likeness (QED) is 0.518. The van der Waals surface area contributed by atoms with Crippen LogP contribution in [0.2, 0.25) is 0 Å². The van der Waals surface area contributed by atoms with Crippen LogP contribution in [0.15, 0.2) is 0 Å². The van der Waals surface area contributed by atoms with Crippen LogP contribution in [0.4, 0.5) is 4.79 Å². The summed E-state index contributed by atoms with van der Waals surface area (Å²) in [7, 11) is 0. The van der Waals surface area contributed by atoms with Crippen LogP contribution in [0.1, 0.15) is 13.3 Å². The standard InChI is InChI=1S/C7H9NO4/c1-2-12-7(11)8-4-3-5(9)6(8)10/h2-4H2,1H3. The van der Waals surface area contributed by atoms with Gasteiger partial charge in [0.15, 0.2) is 0 Å². The van der Waals surface area contributed by atoms with Gasteiger partial charge in [0.05, 0.1) is 6.61 Å². The molecule has 66 valence electrons. The van der Waals surface area contributed by atoms with Crippen LogP contribution in [0, 0.1) is 0 Å². The molecule has 0 aromatic rings. The van der Waals surface area contributed by atoms with E-state index in [-0.39, 0.29) is 19.6 Å². The first-order valence-electron chi connectivity index (χ1n) is 3.68. The van der Waals surface area contributed by atoms with Gasteiger partial charge < -0.3 is 4.74 Å². The molecule has 1 aliphatic heterocycles. The fraction of sp³-hybridized carbons (Fsp3) is 0.571. The minimum absolute atomic E-state index is 0.109. The molecule has 2 amide bonds. The Morgan fingerprint density at radius 1 is 1.58 bits per heavy atom. The van der Waals surface area contributed by atoms with E-state index in [4.69, 9.17) is 0 Å². The highest BCUT2D eigenvalue weighted by molar-refractivity contribution is 6.40. The maximum Gasteiger partial charge on any atom is 0.416 e. The van der Waals surface area contributed by atoms with Crippen molar-refractivity contribution in [2.45, 2.75) is 13.3 Å². The van der Waals surface area contributed by atoms with Gasteiger partial charge in [-0.2, -0.15) is 0 Å². The van der Waals surface area contributed by atoms with Gasteiger partial charge in [0.25, 0.3) is 5.91 Å². The molecule has 0 atom stereocenters. The summed E-state index contributed by atoms with van der Waals surface area (Å²) >= 11 is 0. The van der Waals surface area contributed by atoms with E-state index in [1.807, 2.05) is 0 Å². The van der Waals surface area contributed by atoms with Gasteiger partial charge in [-0.1, -0.05) is 0 Å². The first-order valence-corrected chi connectivity index (χ1v) is 3.68. The molecule has 0 N–H and O–H groups in total. The van der Waals surface area contributed by atoms with Gasteiger partial charge in [-0.05, 0) is 6.92 Å². The molecule has 5 heteroatoms. The van der Waals surface area contributed by atoms with Crippen LogP contribution < -0.4 is 0 Å². The lowest BCUT2D eigenvalue weighted by atomic mass is 10.3. The Balaban J connectivity index is 2.59. The molecule has 5 nitrogen and oxygen atoms in total. The number of hydrogen-bond donors (Lipinski definition) is 0. The Labute approximate surface area is 69.3 Å². The molecule has 1 fully saturated rings. The van der Waals surface area contributed by atoms with E-state index in [9.17, 15) is 14.4 Å². The number of ether oxygens (including phenoxy) is 1. The zero-order valence-corrected chi connectivity index (χ0v) is 6.70. The third-order valence-electron chi connectivity index (χ3n) is 1.53. The lowest BCUT2D eigenvalue weighted by molar-refractivity contribution is -0.139. The van der Waals surface area contributed by atoms with Gasteiger partial charge in [-0.25, -0.2) is 9.69 Å². The molecule has 0 unspecified atom stereocenters. The van der Waals surface area contributed by atoms with E-state index in [1.165, 1.54) is 0 Å². The summed E-state index contributed by atoms with van der Waals surface area (Å²) < 4.78 is 4.56. The minimum Gasteiger partial charge on any atom is -0.449 e. The monoisotopic (exact) mass is 171 g/mol.